The molecule has 0 saturated carbocycles. The third kappa shape index (κ3) is 3.34. The smallest absolute Gasteiger partial charge is 0.254 e. The number of aromatic hydroxyl groups is 1. The first-order valence-corrected chi connectivity index (χ1v) is 6.70. The number of aryl methyl sites for hydroxylation is 1. The van der Waals surface area contributed by atoms with Crippen LogP contribution in [0.15, 0.2) is 42.5 Å². The van der Waals surface area contributed by atoms with Gasteiger partial charge in [0.05, 0.1) is 7.11 Å². The minimum absolute atomic E-state index is 0.131. The van der Waals surface area contributed by atoms with Crippen LogP contribution >= 0.6 is 0 Å². The number of hydrogen-bond acceptors (Lipinski definition) is 3. The van der Waals surface area contributed by atoms with Gasteiger partial charge in [0.1, 0.15) is 11.5 Å². The second kappa shape index (κ2) is 6.31. The van der Waals surface area contributed by atoms with Crippen molar-refractivity contribution in [2.45, 2.75) is 13.5 Å². The fourth-order valence-corrected chi connectivity index (χ4v) is 2.12. The predicted molar refractivity (Wildman–Crippen MR) is 81.6 cm³/mol. The summed E-state index contributed by atoms with van der Waals surface area (Å²) in [6.07, 6.45) is 0. The molecule has 0 fully saturated rings. The summed E-state index contributed by atoms with van der Waals surface area (Å²) in [6.45, 7) is 2.24. The first-order valence-electron chi connectivity index (χ1n) is 6.70. The number of benzene rings is 2. The number of carbonyl (C=O) groups excluding carboxylic acids is 1. The molecule has 1 amide bonds. The summed E-state index contributed by atoms with van der Waals surface area (Å²) < 4.78 is 5.29. The van der Waals surface area contributed by atoms with Gasteiger partial charge in [-0.25, -0.2) is 0 Å². The van der Waals surface area contributed by atoms with Gasteiger partial charge in [0.2, 0.25) is 0 Å². The van der Waals surface area contributed by atoms with Crippen LogP contribution in [0.4, 0.5) is 0 Å². The number of para-hydroxylation sites is 1. The summed E-state index contributed by atoms with van der Waals surface area (Å²) in [7, 11) is 3.34. The number of phenols is 1. The van der Waals surface area contributed by atoms with Crippen LogP contribution in [0, 0.1) is 6.92 Å². The van der Waals surface area contributed by atoms with Gasteiger partial charge in [-0.15, -0.1) is 0 Å². The fraction of sp³-hybridized carbons (Fsp3) is 0.235. The van der Waals surface area contributed by atoms with Gasteiger partial charge in [0.25, 0.3) is 5.91 Å². The minimum Gasteiger partial charge on any atom is -0.508 e. The van der Waals surface area contributed by atoms with Crippen LogP contribution in [0.2, 0.25) is 0 Å². The lowest BCUT2D eigenvalue weighted by Gasteiger charge is -2.19. The lowest BCUT2D eigenvalue weighted by atomic mass is 10.1. The first-order chi connectivity index (χ1) is 10.0. The van der Waals surface area contributed by atoms with E-state index < -0.39 is 0 Å². The molecule has 0 aliphatic carbocycles. The van der Waals surface area contributed by atoms with E-state index in [2.05, 4.69) is 0 Å². The summed E-state index contributed by atoms with van der Waals surface area (Å²) in [5, 5.41) is 9.71. The number of hydrogen-bond donors (Lipinski definition) is 1. The highest BCUT2D eigenvalue weighted by Crippen LogP contribution is 2.21. The quantitative estimate of drug-likeness (QED) is 0.939. The van der Waals surface area contributed by atoms with Gasteiger partial charge >= 0.3 is 0 Å². The van der Waals surface area contributed by atoms with Gasteiger partial charge in [-0.05, 0) is 30.7 Å². The van der Waals surface area contributed by atoms with Crippen LogP contribution in [0.25, 0.3) is 0 Å². The van der Waals surface area contributed by atoms with Crippen molar-refractivity contribution < 1.29 is 14.6 Å². The number of methoxy groups -OCH3 is 1. The Morgan fingerprint density at radius 2 is 1.95 bits per heavy atom. The van der Waals surface area contributed by atoms with Gasteiger partial charge in [0, 0.05) is 24.7 Å². The van der Waals surface area contributed by atoms with Crippen molar-refractivity contribution in [2.75, 3.05) is 14.2 Å². The van der Waals surface area contributed by atoms with E-state index in [-0.39, 0.29) is 11.7 Å². The maximum absolute atomic E-state index is 12.4. The normalized spacial score (nSPS) is 10.2. The molecule has 2 rings (SSSR count). The number of phenolic OH excluding ortho intramolecular Hbond substituents is 1. The largest absolute Gasteiger partial charge is 0.508 e. The molecule has 2 aromatic rings. The van der Waals surface area contributed by atoms with E-state index in [1.807, 2.05) is 24.3 Å². The summed E-state index contributed by atoms with van der Waals surface area (Å²) in [6, 6.07) is 12.5. The molecule has 0 unspecified atom stereocenters. The molecule has 0 bridgehead atoms. The molecule has 4 heteroatoms. The van der Waals surface area contributed by atoms with Crippen molar-refractivity contribution in [1.29, 1.82) is 0 Å². The summed E-state index contributed by atoms with van der Waals surface area (Å²) in [5.74, 6) is 0.742. The molecule has 0 radical (unpaired) electrons. The van der Waals surface area contributed by atoms with Gasteiger partial charge in [-0.1, -0.05) is 24.3 Å². The molecule has 0 aliphatic heterocycles. The topological polar surface area (TPSA) is 49.8 Å². The average Bonchev–Trinajstić information content (AvgIpc) is 2.49. The molecule has 0 spiro atoms. The third-order valence-electron chi connectivity index (χ3n) is 3.40. The van der Waals surface area contributed by atoms with E-state index in [1.54, 1.807) is 38.1 Å². The standard InChI is InChI=1S/C17H19NO3/c1-12-8-9-13(10-15(12)19)17(20)18(2)11-14-6-4-5-7-16(14)21-3/h4-10,19H,11H2,1-3H3. The van der Waals surface area contributed by atoms with E-state index >= 15 is 0 Å². The molecule has 0 aromatic heterocycles. The second-order valence-electron chi connectivity index (χ2n) is 4.97. The van der Waals surface area contributed by atoms with Crippen LogP contribution in [0.5, 0.6) is 11.5 Å². The Balaban J connectivity index is 2.17. The number of carbonyl (C=O) groups is 1. The van der Waals surface area contributed by atoms with E-state index in [0.29, 0.717) is 12.1 Å². The van der Waals surface area contributed by atoms with Crippen molar-refractivity contribution in [2.24, 2.45) is 0 Å². The number of nitrogens with zero attached hydrogens (tertiary/aromatic N) is 1. The third-order valence-corrected chi connectivity index (χ3v) is 3.40. The number of ether oxygens (including phenoxy) is 1. The van der Waals surface area contributed by atoms with Crippen molar-refractivity contribution in [1.82, 2.24) is 4.90 Å². The molecule has 0 atom stereocenters. The monoisotopic (exact) mass is 285 g/mol. The van der Waals surface area contributed by atoms with Crippen molar-refractivity contribution >= 4 is 5.91 Å². The van der Waals surface area contributed by atoms with Crippen LogP contribution in [0.3, 0.4) is 0 Å². The van der Waals surface area contributed by atoms with E-state index in [9.17, 15) is 9.90 Å². The molecule has 0 heterocycles. The zero-order valence-electron chi connectivity index (χ0n) is 12.5. The molecule has 21 heavy (non-hydrogen) atoms. The number of amides is 1. The van der Waals surface area contributed by atoms with Crippen molar-refractivity contribution in [3.8, 4) is 11.5 Å². The Hall–Kier alpha value is -2.49. The summed E-state index contributed by atoms with van der Waals surface area (Å²) in [5.41, 5.74) is 2.15. The first kappa shape index (κ1) is 14.9. The van der Waals surface area contributed by atoms with E-state index in [0.717, 1.165) is 16.9 Å². The van der Waals surface area contributed by atoms with Crippen molar-refractivity contribution in [3.63, 3.8) is 0 Å². The second-order valence-corrected chi connectivity index (χ2v) is 4.97. The van der Waals surface area contributed by atoms with Crippen LogP contribution in [-0.2, 0) is 6.54 Å². The lowest BCUT2D eigenvalue weighted by Crippen LogP contribution is -2.26. The summed E-state index contributed by atoms with van der Waals surface area (Å²) in [4.78, 5) is 14.0. The molecule has 1 N–H and O–H groups in total. The van der Waals surface area contributed by atoms with Gasteiger partial charge in [0.15, 0.2) is 0 Å². The molecule has 110 valence electrons. The summed E-state index contributed by atoms with van der Waals surface area (Å²) >= 11 is 0. The van der Waals surface area contributed by atoms with E-state index in [4.69, 9.17) is 4.74 Å². The van der Waals surface area contributed by atoms with Crippen LogP contribution in [0.1, 0.15) is 21.5 Å². The molecule has 2 aromatic carbocycles. The van der Waals surface area contributed by atoms with Crippen LogP contribution in [-0.4, -0.2) is 30.1 Å². The van der Waals surface area contributed by atoms with Gasteiger partial charge in [-0.2, -0.15) is 0 Å². The Kier molecular flexibility index (Phi) is 4.48. The highest BCUT2D eigenvalue weighted by Gasteiger charge is 2.14. The molecular weight excluding hydrogens is 266 g/mol. The Bertz CT molecular complexity index is 652. The Morgan fingerprint density at radius 1 is 1.24 bits per heavy atom. The van der Waals surface area contributed by atoms with Gasteiger partial charge < -0.3 is 14.7 Å². The van der Waals surface area contributed by atoms with Gasteiger partial charge in [-0.3, -0.25) is 4.79 Å². The Morgan fingerprint density at radius 3 is 2.62 bits per heavy atom. The van der Waals surface area contributed by atoms with Crippen molar-refractivity contribution in [3.05, 3.63) is 59.2 Å². The zero-order valence-corrected chi connectivity index (χ0v) is 12.5. The lowest BCUT2D eigenvalue weighted by molar-refractivity contribution is 0.0784. The maximum Gasteiger partial charge on any atom is 0.254 e. The maximum atomic E-state index is 12.4. The molecule has 0 saturated heterocycles. The van der Waals surface area contributed by atoms with Crippen LogP contribution < -0.4 is 4.74 Å². The minimum atomic E-state index is -0.142. The predicted octanol–water partition coefficient (Wildman–Crippen LogP) is 2.98. The average molecular weight is 285 g/mol. The number of rotatable bonds is 4. The molecule has 4 nitrogen and oxygen atoms in total. The fourth-order valence-electron chi connectivity index (χ4n) is 2.12. The Labute approximate surface area is 124 Å². The zero-order chi connectivity index (χ0) is 15.4. The van der Waals surface area contributed by atoms with E-state index in [1.165, 1.54) is 6.07 Å². The highest BCUT2D eigenvalue weighted by molar-refractivity contribution is 5.94. The molecular formula is C17H19NO3. The molecule has 0 aliphatic rings. The SMILES string of the molecule is COc1ccccc1CN(C)C(=O)c1ccc(C)c(O)c1. The highest BCUT2D eigenvalue weighted by atomic mass is 16.5.